The molecule has 3 heterocycles. The van der Waals surface area contributed by atoms with Gasteiger partial charge in [-0.3, -0.25) is 4.79 Å². The highest BCUT2D eigenvalue weighted by Crippen LogP contribution is 2.41. The summed E-state index contributed by atoms with van der Waals surface area (Å²) in [6, 6.07) is 12.1. The van der Waals surface area contributed by atoms with Gasteiger partial charge < -0.3 is 19.1 Å². The van der Waals surface area contributed by atoms with Gasteiger partial charge in [0.15, 0.2) is 15.5 Å². The second-order valence-corrected chi connectivity index (χ2v) is 9.78. The highest BCUT2D eigenvalue weighted by molar-refractivity contribution is 7.90. The van der Waals surface area contributed by atoms with Gasteiger partial charge in [0.05, 0.1) is 49.5 Å². The molecule has 1 aromatic heterocycles. The molecule has 0 saturated carbocycles. The molecule has 2 aromatic carbocycles. The Kier molecular flexibility index (Phi) is 5.34. The Morgan fingerprint density at radius 3 is 2.36 bits per heavy atom. The molecule has 0 radical (unpaired) electrons. The molecule has 9 nitrogen and oxygen atoms in total. The number of methoxy groups -OCH3 is 2. The quantitative estimate of drug-likeness (QED) is 0.578. The number of nitrogens with zero attached hydrogens (tertiary/aromatic N) is 3. The lowest BCUT2D eigenvalue weighted by Crippen LogP contribution is -2.41. The van der Waals surface area contributed by atoms with Crippen molar-refractivity contribution in [1.29, 1.82) is 0 Å². The van der Waals surface area contributed by atoms with Crippen molar-refractivity contribution in [2.24, 2.45) is 0 Å². The largest absolute Gasteiger partial charge is 0.497 e. The fraction of sp³-hybridized carbons (Fsp3) is 0.304. The van der Waals surface area contributed by atoms with Gasteiger partial charge in [-0.15, -0.1) is 0 Å². The monoisotopic (exact) mass is 469 g/mol. The van der Waals surface area contributed by atoms with Crippen molar-refractivity contribution in [1.82, 2.24) is 14.7 Å². The fourth-order valence-corrected chi connectivity index (χ4v) is 5.85. The Morgan fingerprint density at radius 2 is 1.70 bits per heavy atom. The highest BCUT2D eigenvalue weighted by atomic mass is 32.2. The minimum absolute atomic E-state index is 0.131. The summed E-state index contributed by atoms with van der Waals surface area (Å²) in [5, 5.41) is 4.66. The average Bonchev–Trinajstić information content (AvgIpc) is 3.22. The third-order valence-electron chi connectivity index (χ3n) is 5.88. The summed E-state index contributed by atoms with van der Waals surface area (Å²) in [5.41, 5.74) is 2.21. The lowest BCUT2D eigenvalue weighted by atomic mass is 10.0. The Morgan fingerprint density at radius 1 is 1.03 bits per heavy atom. The van der Waals surface area contributed by atoms with E-state index >= 15 is 0 Å². The van der Waals surface area contributed by atoms with Gasteiger partial charge in [-0.2, -0.15) is 5.10 Å². The minimum atomic E-state index is -3.63. The lowest BCUT2D eigenvalue weighted by molar-refractivity contribution is 0.0298. The molecule has 3 aromatic rings. The van der Waals surface area contributed by atoms with Gasteiger partial charge >= 0.3 is 0 Å². The number of hydrogen-bond acceptors (Lipinski definition) is 7. The Labute approximate surface area is 191 Å². The number of ether oxygens (including phenoxy) is 3. The van der Waals surface area contributed by atoms with Crippen molar-refractivity contribution in [3.8, 4) is 28.4 Å². The second-order valence-electron chi connectivity index (χ2n) is 7.82. The molecule has 2 aliphatic heterocycles. The molecule has 172 valence electrons. The zero-order valence-electron chi connectivity index (χ0n) is 18.3. The molecule has 1 amide bonds. The van der Waals surface area contributed by atoms with Crippen LogP contribution in [0.2, 0.25) is 0 Å². The van der Waals surface area contributed by atoms with Crippen LogP contribution >= 0.6 is 0 Å². The second kappa shape index (κ2) is 8.20. The summed E-state index contributed by atoms with van der Waals surface area (Å²) in [7, 11) is -0.539. The molecular formula is C23H23N3O6S. The Bertz CT molecular complexity index is 1320. The summed E-state index contributed by atoms with van der Waals surface area (Å²) in [6.45, 7) is 1.72. The molecular weight excluding hydrogens is 446 g/mol. The maximum atomic E-state index is 13.4. The summed E-state index contributed by atoms with van der Waals surface area (Å²) >= 11 is 0. The molecule has 0 atom stereocenters. The van der Waals surface area contributed by atoms with Gasteiger partial charge in [-0.05, 0) is 6.07 Å². The van der Waals surface area contributed by atoms with Crippen LogP contribution < -0.4 is 9.47 Å². The van der Waals surface area contributed by atoms with E-state index in [1.54, 1.807) is 66.3 Å². The number of amides is 1. The normalized spacial score (nSPS) is 16.6. The average molecular weight is 470 g/mol. The van der Waals surface area contributed by atoms with Gasteiger partial charge in [-0.1, -0.05) is 18.2 Å². The van der Waals surface area contributed by atoms with Crippen LogP contribution in [0.4, 0.5) is 0 Å². The maximum absolute atomic E-state index is 13.4. The van der Waals surface area contributed by atoms with Gasteiger partial charge in [0.25, 0.3) is 5.91 Å². The standard InChI is InChI=1S/C23H23N3O6S/c1-30-16-11-15(12-17(13-16)31-2)26-22-18-5-3-4-6-20(18)33(28,29)14-19(22)21(24-26)23(27)25-7-9-32-10-8-25/h3-6,11-13H,7-10,14H2,1-2H3. The minimum Gasteiger partial charge on any atom is -0.497 e. The van der Waals surface area contributed by atoms with Crippen molar-refractivity contribution in [3.63, 3.8) is 0 Å². The van der Waals surface area contributed by atoms with Crippen LogP contribution in [0.1, 0.15) is 16.1 Å². The van der Waals surface area contributed by atoms with Crippen LogP contribution in [0.5, 0.6) is 11.5 Å². The summed E-state index contributed by atoms with van der Waals surface area (Å²) in [6.07, 6.45) is 0. The van der Waals surface area contributed by atoms with Crippen LogP contribution in [0.15, 0.2) is 47.4 Å². The van der Waals surface area contributed by atoms with E-state index in [-0.39, 0.29) is 22.2 Å². The summed E-state index contributed by atoms with van der Waals surface area (Å²) < 4.78 is 44.0. The third-order valence-corrected chi connectivity index (χ3v) is 7.57. The molecule has 10 heteroatoms. The highest BCUT2D eigenvalue weighted by Gasteiger charge is 2.37. The van der Waals surface area contributed by atoms with Gasteiger partial charge in [0, 0.05) is 42.4 Å². The molecule has 5 rings (SSSR count). The van der Waals surface area contributed by atoms with E-state index in [2.05, 4.69) is 5.10 Å². The number of sulfone groups is 1. The molecule has 33 heavy (non-hydrogen) atoms. The van der Waals surface area contributed by atoms with Gasteiger partial charge in [0.1, 0.15) is 11.5 Å². The van der Waals surface area contributed by atoms with E-state index in [4.69, 9.17) is 14.2 Å². The van der Waals surface area contributed by atoms with Crippen molar-refractivity contribution in [2.75, 3.05) is 40.5 Å². The number of rotatable bonds is 4. The number of hydrogen-bond donors (Lipinski definition) is 0. The van der Waals surface area contributed by atoms with E-state index in [9.17, 15) is 13.2 Å². The SMILES string of the molecule is COc1cc(OC)cc(-n2nc(C(=O)N3CCOCC3)c3c2-c2ccccc2S(=O)(=O)C3)c1. The van der Waals surface area contributed by atoms with Crippen molar-refractivity contribution in [3.05, 3.63) is 53.7 Å². The summed E-state index contributed by atoms with van der Waals surface area (Å²) in [4.78, 5) is 15.3. The van der Waals surface area contributed by atoms with Crippen LogP contribution in [0.25, 0.3) is 16.9 Å². The maximum Gasteiger partial charge on any atom is 0.274 e. The molecule has 0 N–H and O–H groups in total. The number of aromatic nitrogens is 2. The third kappa shape index (κ3) is 3.65. The first-order valence-corrected chi connectivity index (χ1v) is 12.1. The number of fused-ring (bicyclic) bond motifs is 3. The first-order chi connectivity index (χ1) is 15.9. The summed E-state index contributed by atoms with van der Waals surface area (Å²) in [5.74, 6) is 0.488. The Hall–Kier alpha value is -3.37. The van der Waals surface area contributed by atoms with Crippen LogP contribution in [-0.4, -0.2) is 69.5 Å². The van der Waals surface area contributed by atoms with E-state index in [1.807, 2.05) is 0 Å². The molecule has 2 aliphatic rings. The van der Waals surface area contributed by atoms with Crippen molar-refractivity contribution in [2.45, 2.75) is 10.6 Å². The first-order valence-electron chi connectivity index (χ1n) is 10.5. The topological polar surface area (TPSA) is 100.0 Å². The predicted molar refractivity (Wildman–Crippen MR) is 120 cm³/mol. The van der Waals surface area contributed by atoms with Crippen LogP contribution in [0.3, 0.4) is 0 Å². The molecule has 0 spiro atoms. The first kappa shape index (κ1) is 21.5. The van der Waals surface area contributed by atoms with E-state index in [0.29, 0.717) is 60.3 Å². The molecule has 0 bridgehead atoms. The van der Waals surface area contributed by atoms with E-state index < -0.39 is 9.84 Å². The predicted octanol–water partition coefficient (Wildman–Crippen LogP) is 2.32. The number of benzene rings is 2. The Balaban J connectivity index is 1.77. The van der Waals surface area contributed by atoms with E-state index in [1.165, 1.54) is 0 Å². The lowest BCUT2D eigenvalue weighted by Gasteiger charge is -2.26. The number of carbonyl (C=O) groups is 1. The van der Waals surface area contributed by atoms with E-state index in [0.717, 1.165) is 0 Å². The molecule has 1 saturated heterocycles. The van der Waals surface area contributed by atoms with Gasteiger partial charge in [-0.25, -0.2) is 13.1 Å². The zero-order valence-corrected chi connectivity index (χ0v) is 19.1. The number of morpholine rings is 1. The van der Waals surface area contributed by atoms with Gasteiger partial charge in [0.2, 0.25) is 0 Å². The fourth-order valence-electron chi connectivity index (χ4n) is 4.25. The number of carbonyl (C=O) groups excluding carboxylic acids is 1. The van der Waals surface area contributed by atoms with Crippen molar-refractivity contribution >= 4 is 15.7 Å². The van der Waals surface area contributed by atoms with Crippen LogP contribution in [0, 0.1) is 0 Å². The zero-order chi connectivity index (χ0) is 23.2. The molecule has 0 unspecified atom stereocenters. The van der Waals surface area contributed by atoms with Crippen molar-refractivity contribution < 1.29 is 27.4 Å². The molecule has 1 fully saturated rings. The van der Waals surface area contributed by atoms with Crippen LogP contribution in [-0.2, 0) is 20.3 Å². The molecule has 0 aliphatic carbocycles. The smallest absolute Gasteiger partial charge is 0.274 e.